The number of carbonyl (C=O) groups excluding carboxylic acids is 2. The molecule has 0 radical (unpaired) electrons. The van der Waals surface area contributed by atoms with E-state index in [4.69, 9.17) is 15.2 Å². The van der Waals surface area contributed by atoms with Gasteiger partial charge in [-0.05, 0) is 129 Å². The zero-order chi connectivity index (χ0) is 62.4. The van der Waals surface area contributed by atoms with Crippen LogP contribution in [0.15, 0.2) is 102 Å². The molecule has 16 N–H and O–H groups in total. The normalized spacial score (nSPS) is 30.9. The van der Waals surface area contributed by atoms with E-state index in [1.807, 2.05) is 36.4 Å². The number of hydrogen-bond acceptors (Lipinski definition) is 18. The van der Waals surface area contributed by atoms with Crippen LogP contribution in [-0.2, 0) is 50.3 Å². The molecular weight excluding hydrogens is 1140 g/mol. The summed E-state index contributed by atoms with van der Waals surface area (Å²) >= 11 is 0. The molecule has 0 bridgehead atoms. The number of aromatic amines is 1. The summed E-state index contributed by atoms with van der Waals surface area (Å²) in [5.41, 5.74) is 6.46. The fourth-order valence-electron chi connectivity index (χ4n) is 15.7. The van der Waals surface area contributed by atoms with Gasteiger partial charge < -0.3 is 91.6 Å². The predicted molar refractivity (Wildman–Crippen MR) is 318 cm³/mol. The highest BCUT2D eigenvalue weighted by molar-refractivity contribution is 6.14. The summed E-state index contributed by atoms with van der Waals surface area (Å²) in [6.45, 7) is -0.683. The smallest absolute Gasteiger partial charge is 0.355 e. The molecule has 1 amide bonds. The van der Waals surface area contributed by atoms with E-state index in [-0.39, 0.29) is 59.8 Å². The number of nitrogens with two attached hydrogens (primary N) is 1. The molecule has 2 aliphatic heterocycles. The molecular formula is C65H76N6O17. The molecule has 0 spiro atoms. The number of carbonyl (C=O) groups is 3. The van der Waals surface area contributed by atoms with Gasteiger partial charge in [-0.1, -0.05) is 60.5 Å². The van der Waals surface area contributed by atoms with E-state index >= 15 is 9.59 Å². The third-order valence-electron chi connectivity index (χ3n) is 19.7. The van der Waals surface area contributed by atoms with E-state index in [0.29, 0.717) is 105 Å². The van der Waals surface area contributed by atoms with Crippen molar-refractivity contribution in [2.45, 2.75) is 137 Å². The monoisotopic (exact) mass is 1210 g/mol. The topological polar surface area (TPSA) is 395 Å². The summed E-state index contributed by atoms with van der Waals surface area (Å²) in [4.78, 5) is 55.2. The zero-order valence-corrected chi connectivity index (χ0v) is 48.3. The zero-order valence-electron chi connectivity index (χ0n) is 48.3. The second-order valence-corrected chi connectivity index (χ2v) is 24.4. The maximum absolute atomic E-state index is 15.9. The summed E-state index contributed by atoms with van der Waals surface area (Å²) in [6, 6.07) is 20.3. The van der Waals surface area contributed by atoms with Crippen molar-refractivity contribution in [1.82, 2.24) is 15.3 Å². The van der Waals surface area contributed by atoms with Gasteiger partial charge in [-0.15, -0.1) is 0 Å². The number of carboxylic acids is 1. The second kappa shape index (κ2) is 25.0. The summed E-state index contributed by atoms with van der Waals surface area (Å²) in [7, 11) is 0. The molecule has 2 saturated carbocycles. The number of aliphatic carboxylic acids is 1. The number of nitrogens with zero attached hydrogens (tertiary/aromatic N) is 3. The number of ether oxygens (including phenoxy) is 2. The van der Waals surface area contributed by atoms with Crippen molar-refractivity contribution in [1.29, 1.82) is 0 Å². The number of aromatic nitrogens is 2. The van der Waals surface area contributed by atoms with E-state index in [0.717, 1.165) is 34.5 Å². The first-order chi connectivity index (χ1) is 42.3. The number of phenolic OH excluding ortho intramolecular Hbond substituents is 4. The maximum atomic E-state index is 15.9. The molecule has 11 rings (SSSR count). The van der Waals surface area contributed by atoms with Gasteiger partial charge in [0, 0.05) is 77.8 Å². The molecule has 6 aliphatic rings. The summed E-state index contributed by atoms with van der Waals surface area (Å²) in [5, 5.41) is 143. The lowest BCUT2D eigenvalue weighted by Crippen LogP contribution is -2.67. The SMILES string of the molecule is NC(=NCc1ccccc1)NCCC1CCC(C2=CC3(C(=O)O)C(c4c(cc(OC5(O)OC(CO)C(O)C(O)C5O)c(O)c4O)N3C(=O)C=Cc3ccc(O)c(Cc4[nH]cnc4CCC=O)c3)C2C23c4c(O)cccc4CCC2CCCC3CO)CC1O. The number of nitrogens with one attached hydrogen (secondary N) is 2. The minimum absolute atomic E-state index is 0.0968. The molecule has 1 aromatic heterocycles. The van der Waals surface area contributed by atoms with Crippen LogP contribution in [0.3, 0.4) is 0 Å². The van der Waals surface area contributed by atoms with Crippen LogP contribution in [0.25, 0.3) is 6.08 Å². The van der Waals surface area contributed by atoms with Gasteiger partial charge >= 0.3 is 11.9 Å². The van der Waals surface area contributed by atoms with Crippen LogP contribution in [0.2, 0.25) is 0 Å². The number of phenols is 4. The number of guanidine groups is 1. The molecule has 23 heteroatoms. The number of allylic oxidation sites excluding steroid dienone is 1. The van der Waals surface area contributed by atoms with Crippen LogP contribution in [0.5, 0.6) is 28.7 Å². The number of hydrogen-bond donors (Lipinski definition) is 15. The first-order valence-electron chi connectivity index (χ1n) is 30.1. The van der Waals surface area contributed by atoms with E-state index < -0.39 is 113 Å². The Morgan fingerprint density at radius 3 is 2.44 bits per heavy atom. The number of H-pyrrole nitrogens is 1. The average molecular weight is 1210 g/mol. The van der Waals surface area contributed by atoms with Crippen molar-refractivity contribution >= 4 is 35.9 Å². The number of imidazole rings is 1. The Balaban J connectivity index is 1.06. The molecule has 468 valence electrons. The molecule has 3 heterocycles. The van der Waals surface area contributed by atoms with Crippen molar-refractivity contribution in [2.24, 2.45) is 40.3 Å². The lowest BCUT2D eigenvalue weighted by atomic mass is 9.44. The second-order valence-electron chi connectivity index (χ2n) is 24.4. The van der Waals surface area contributed by atoms with Gasteiger partial charge in [0.05, 0.1) is 37.0 Å². The first-order valence-corrected chi connectivity index (χ1v) is 30.1. The highest BCUT2D eigenvalue weighted by Gasteiger charge is 2.72. The van der Waals surface area contributed by atoms with Crippen molar-refractivity contribution in [3.05, 3.63) is 142 Å². The number of aliphatic hydroxyl groups is 7. The number of amides is 1. The highest BCUT2D eigenvalue weighted by Crippen LogP contribution is 2.73. The van der Waals surface area contributed by atoms with E-state index in [1.165, 1.54) is 30.6 Å². The van der Waals surface area contributed by atoms with Gasteiger partial charge in [0.1, 0.15) is 36.1 Å². The number of aliphatic imine (C=N–C) groups is 1. The van der Waals surface area contributed by atoms with Crippen molar-refractivity contribution in [3.8, 4) is 28.7 Å². The van der Waals surface area contributed by atoms with Crippen molar-refractivity contribution in [2.75, 3.05) is 24.7 Å². The number of fused-ring (bicyclic) bond motifs is 6. The fraction of sp³-hybridized carbons (Fsp3) is 0.462. The van der Waals surface area contributed by atoms with Crippen LogP contribution >= 0.6 is 0 Å². The number of benzene rings is 4. The standard InChI is InChI=1S/C65H76N6O17/c66-62(68-30-35-7-2-1-3-8-35)67-23-22-36-16-17-38(27-48(36)77)42-29-63(61(84)85)55(54(42)64-40(10-5-11-41(64)31-73)19-18-37-9-4-13-47(76)53(37)64)52-45(28-49(56(79)58(52)81)87-65(86)60(83)59(82)57(80)50(32-74)88-65)71(63)51(78)21-15-34-14-20-46(75)39(25-34)26-44-43(12-6-24-72)69-33-70-44/h1-4,7-9,13-15,20-21,24-25,28-29,33,36,38,40-41,48,50,54-55,57,59-60,73-77,79-83,86H,5-6,10-12,16-19,22-23,26-27,30-32H2,(H,69,70)(H,84,85)(H3,66,67,68). The fourth-order valence-corrected chi connectivity index (χ4v) is 15.7. The largest absolute Gasteiger partial charge is 0.508 e. The summed E-state index contributed by atoms with van der Waals surface area (Å²) in [5.74, 6) is -13.6. The van der Waals surface area contributed by atoms with E-state index in [1.54, 1.807) is 18.2 Å². The molecule has 88 heavy (non-hydrogen) atoms. The molecule has 4 aromatic carbocycles. The first kappa shape index (κ1) is 61.8. The quantitative estimate of drug-likeness (QED) is 0.0107. The number of rotatable bonds is 19. The molecule has 14 atom stereocenters. The number of aryl methyl sites for hydroxylation is 2. The van der Waals surface area contributed by atoms with E-state index in [9.17, 15) is 66.1 Å². The van der Waals surface area contributed by atoms with Crippen molar-refractivity contribution < 1.29 is 85.1 Å². The third-order valence-corrected chi connectivity index (χ3v) is 19.7. The molecule has 3 fully saturated rings. The van der Waals surface area contributed by atoms with Crippen LogP contribution in [0, 0.1) is 29.6 Å². The Bertz CT molecular complexity index is 3520. The predicted octanol–water partition coefficient (Wildman–Crippen LogP) is 3.54. The number of aromatic hydroxyl groups is 4. The molecule has 4 aliphatic carbocycles. The van der Waals surface area contributed by atoms with Crippen molar-refractivity contribution in [3.63, 3.8) is 0 Å². The average Bonchev–Trinajstić information content (AvgIpc) is 1.47. The van der Waals surface area contributed by atoms with Crippen LogP contribution in [-0.4, -0.2) is 157 Å². The van der Waals surface area contributed by atoms with Crippen LogP contribution < -0.4 is 20.7 Å². The molecule has 14 unspecified atom stereocenters. The molecule has 23 nitrogen and oxygen atoms in total. The number of aldehydes is 1. The number of anilines is 1. The third kappa shape index (κ3) is 10.7. The Morgan fingerprint density at radius 2 is 1.70 bits per heavy atom. The highest BCUT2D eigenvalue weighted by atomic mass is 16.8. The lowest BCUT2D eigenvalue weighted by molar-refractivity contribution is -0.422. The van der Waals surface area contributed by atoms with Gasteiger partial charge in [0.25, 0.3) is 5.91 Å². The van der Waals surface area contributed by atoms with Gasteiger partial charge in [0.15, 0.2) is 29.1 Å². The molecule has 1 saturated heterocycles. The Kier molecular flexibility index (Phi) is 17.5. The minimum atomic E-state index is -3.38. The van der Waals surface area contributed by atoms with E-state index in [2.05, 4.69) is 20.3 Å². The molecule has 5 aromatic rings. The van der Waals surface area contributed by atoms with Gasteiger partial charge in [-0.25, -0.2) is 14.8 Å². The Morgan fingerprint density at radius 1 is 0.909 bits per heavy atom. The number of carboxylic acid groups (broad SMARTS) is 1. The van der Waals surface area contributed by atoms with Crippen LogP contribution in [0.4, 0.5) is 5.69 Å². The minimum Gasteiger partial charge on any atom is -0.508 e. The Hall–Kier alpha value is -7.87. The van der Waals surface area contributed by atoms with Gasteiger partial charge in [-0.2, -0.15) is 0 Å². The summed E-state index contributed by atoms with van der Waals surface area (Å²) in [6.07, 6.45) is 1.76. The number of aliphatic hydroxyl groups excluding tert-OH is 6. The maximum Gasteiger partial charge on any atom is 0.355 e. The summed E-state index contributed by atoms with van der Waals surface area (Å²) < 4.78 is 11.2. The van der Waals surface area contributed by atoms with Crippen LogP contribution in [0.1, 0.15) is 108 Å². The van der Waals surface area contributed by atoms with Gasteiger partial charge in [-0.3, -0.25) is 9.69 Å². The van der Waals surface area contributed by atoms with Gasteiger partial charge in [0.2, 0.25) is 5.75 Å². The Labute approximate surface area is 506 Å². The lowest BCUT2D eigenvalue weighted by Gasteiger charge is -2.59.